The van der Waals surface area contributed by atoms with Gasteiger partial charge in [-0.15, -0.1) is 0 Å². The molecule has 2 N–H and O–H groups in total. The molecule has 0 radical (unpaired) electrons. The maximum atomic E-state index is 10.4. The fourth-order valence-corrected chi connectivity index (χ4v) is 2.14. The molecule has 1 saturated heterocycles. The first-order valence-corrected chi connectivity index (χ1v) is 5.31. The maximum absolute atomic E-state index is 10.4. The van der Waals surface area contributed by atoms with Gasteiger partial charge in [0.1, 0.15) is 0 Å². The van der Waals surface area contributed by atoms with Gasteiger partial charge in [-0.05, 0) is 43.1 Å². The summed E-state index contributed by atoms with van der Waals surface area (Å²) in [4.78, 5) is 12.6. The van der Waals surface area contributed by atoms with Crippen LogP contribution in [-0.2, 0) is 4.79 Å². The SMILES string of the molecule is Nc1ccc(C2CCN(BC=O)C2)cc1. The van der Waals surface area contributed by atoms with Gasteiger partial charge in [-0.2, -0.15) is 0 Å². The predicted molar refractivity (Wildman–Crippen MR) is 63.7 cm³/mol. The van der Waals surface area contributed by atoms with E-state index in [0.717, 1.165) is 31.4 Å². The van der Waals surface area contributed by atoms with Crippen LogP contribution in [0.3, 0.4) is 0 Å². The Morgan fingerprint density at radius 3 is 2.80 bits per heavy atom. The molecule has 0 aliphatic carbocycles. The molecule has 1 aromatic rings. The second-order valence-electron chi connectivity index (χ2n) is 4.08. The summed E-state index contributed by atoms with van der Waals surface area (Å²) in [5, 5.41) is 0. The summed E-state index contributed by atoms with van der Waals surface area (Å²) in [6, 6.07) is 8.06. The number of carbonyl (C=O) groups excluding carboxylic acids is 1. The molecule has 3 nitrogen and oxygen atoms in total. The highest BCUT2D eigenvalue weighted by Crippen LogP contribution is 2.26. The topological polar surface area (TPSA) is 46.3 Å². The van der Waals surface area contributed by atoms with Gasteiger partial charge >= 0.3 is 0 Å². The lowest BCUT2D eigenvalue weighted by Gasteiger charge is -2.12. The van der Waals surface area contributed by atoms with Crippen LogP contribution in [0.1, 0.15) is 17.9 Å². The molecular formula is C11H15BN2O. The highest BCUT2D eigenvalue weighted by atomic mass is 16.1. The predicted octanol–water partition coefficient (Wildman–Crippen LogP) is 0.600. The number of nitrogens with two attached hydrogens (primary N) is 1. The lowest BCUT2D eigenvalue weighted by molar-refractivity contribution is 0.533. The number of benzene rings is 1. The van der Waals surface area contributed by atoms with Crippen molar-refractivity contribution in [3.63, 3.8) is 0 Å². The van der Waals surface area contributed by atoms with Gasteiger partial charge in [0, 0.05) is 5.69 Å². The van der Waals surface area contributed by atoms with Crippen LogP contribution >= 0.6 is 0 Å². The van der Waals surface area contributed by atoms with Crippen LogP contribution in [0.5, 0.6) is 0 Å². The van der Waals surface area contributed by atoms with Gasteiger partial charge in [-0.3, -0.25) is 0 Å². The molecule has 0 bridgehead atoms. The van der Waals surface area contributed by atoms with Gasteiger partial charge in [0.2, 0.25) is 0 Å². The Hall–Kier alpha value is -1.29. The number of rotatable bonds is 3. The molecule has 1 fully saturated rings. The molecule has 0 spiro atoms. The van der Waals surface area contributed by atoms with Crippen LogP contribution in [0.15, 0.2) is 24.3 Å². The minimum atomic E-state index is 0.561. The second-order valence-corrected chi connectivity index (χ2v) is 4.08. The Labute approximate surface area is 90.5 Å². The molecule has 4 heteroatoms. The van der Waals surface area contributed by atoms with E-state index < -0.39 is 0 Å². The zero-order valence-corrected chi connectivity index (χ0v) is 8.73. The molecule has 1 aliphatic heterocycles. The van der Waals surface area contributed by atoms with Gasteiger partial charge in [0.15, 0.2) is 0 Å². The van der Waals surface area contributed by atoms with Crippen molar-refractivity contribution < 1.29 is 4.79 Å². The third kappa shape index (κ3) is 2.39. The average molecular weight is 202 g/mol. The number of hydrogen-bond acceptors (Lipinski definition) is 3. The summed E-state index contributed by atoms with van der Waals surface area (Å²) in [7, 11) is 0.561. The van der Waals surface area contributed by atoms with E-state index in [-0.39, 0.29) is 0 Å². The first-order chi connectivity index (χ1) is 7.29. The van der Waals surface area contributed by atoms with Crippen molar-refractivity contribution in [2.75, 3.05) is 18.8 Å². The van der Waals surface area contributed by atoms with E-state index in [9.17, 15) is 4.79 Å². The quantitative estimate of drug-likeness (QED) is 0.443. The average Bonchev–Trinajstić information content (AvgIpc) is 2.68. The molecular weight excluding hydrogens is 187 g/mol. The van der Waals surface area contributed by atoms with Crippen molar-refractivity contribution in [1.29, 1.82) is 0 Å². The second kappa shape index (κ2) is 4.49. The standard InChI is InChI=1S/C11H15BN2O/c13-11-3-1-9(2-4-11)10-5-6-14(7-10)12-8-15/h1-4,8,10,12H,5-7,13H2. The molecule has 1 unspecified atom stereocenters. The Morgan fingerprint density at radius 2 is 2.13 bits per heavy atom. The van der Waals surface area contributed by atoms with Crippen molar-refractivity contribution >= 4 is 19.3 Å². The van der Waals surface area contributed by atoms with Crippen molar-refractivity contribution in [3.8, 4) is 0 Å². The molecule has 1 heterocycles. The van der Waals surface area contributed by atoms with Gasteiger partial charge < -0.3 is 15.3 Å². The van der Waals surface area contributed by atoms with E-state index in [1.165, 1.54) is 5.56 Å². The van der Waals surface area contributed by atoms with Crippen LogP contribution in [-0.4, -0.2) is 31.5 Å². The maximum Gasteiger partial charge on any atom is 0.281 e. The van der Waals surface area contributed by atoms with Crippen molar-refractivity contribution in [1.82, 2.24) is 4.81 Å². The smallest absolute Gasteiger partial charge is 0.281 e. The van der Waals surface area contributed by atoms with Gasteiger partial charge in [0.25, 0.3) is 7.41 Å². The van der Waals surface area contributed by atoms with Crippen LogP contribution in [0, 0.1) is 0 Å². The first-order valence-electron chi connectivity index (χ1n) is 5.31. The van der Waals surface area contributed by atoms with Crippen molar-refractivity contribution in [3.05, 3.63) is 29.8 Å². The molecule has 1 atom stereocenters. The molecule has 1 aromatic carbocycles. The van der Waals surface area contributed by atoms with E-state index in [0.29, 0.717) is 13.3 Å². The monoisotopic (exact) mass is 202 g/mol. The third-order valence-electron chi connectivity index (χ3n) is 3.01. The highest BCUT2D eigenvalue weighted by molar-refractivity contribution is 6.64. The highest BCUT2D eigenvalue weighted by Gasteiger charge is 2.23. The van der Waals surface area contributed by atoms with E-state index in [1.807, 2.05) is 12.1 Å². The zero-order chi connectivity index (χ0) is 10.7. The zero-order valence-electron chi connectivity index (χ0n) is 8.73. The Morgan fingerprint density at radius 1 is 1.40 bits per heavy atom. The number of carbonyl (C=O) groups is 1. The fourth-order valence-electron chi connectivity index (χ4n) is 2.14. The number of nitrogen functional groups attached to an aromatic ring is 1. The summed E-state index contributed by atoms with van der Waals surface area (Å²) in [5.74, 6) is 0.561. The molecule has 2 rings (SSSR count). The summed E-state index contributed by atoms with van der Waals surface area (Å²) < 4.78 is 0. The molecule has 0 saturated carbocycles. The van der Waals surface area contributed by atoms with Crippen LogP contribution in [0.4, 0.5) is 5.69 Å². The first kappa shape index (κ1) is 10.2. The number of anilines is 1. The fraction of sp³-hybridized carbons (Fsp3) is 0.364. The summed E-state index contributed by atoms with van der Waals surface area (Å²) in [5.41, 5.74) is 7.78. The van der Waals surface area contributed by atoms with E-state index in [1.54, 1.807) is 0 Å². The molecule has 0 aromatic heterocycles. The summed E-state index contributed by atoms with van der Waals surface area (Å²) >= 11 is 0. The van der Waals surface area contributed by atoms with Gasteiger partial charge in [-0.25, -0.2) is 0 Å². The molecule has 1 aliphatic rings. The Bertz CT molecular complexity index is 339. The van der Waals surface area contributed by atoms with Crippen molar-refractivity contribution in [2.24, 2.45) is 0 Å². The van der Waals surface area contributed by atoms with Gasteiger partial charge in [0.05, 0.1) is 6.19 Å². The molecule has 0 amide bonds. The van der Waals surface area contributed by atoms with E-state index in [4.69, 9.17) is 5.73 Å². The Kier molecular flexibility index (Phi) is 3.06. The largest absolute Gasteiger partial charge is 0.399 e. The van der Waals surface area contributed by atoms with Crippen LogP contribution < -0.4 is 5.73 Å². The van der Waals surface area contributed by atoms with Crippen LogP contribution in [0.2, 0.25) is 0 Å². The summed E-state index contributed by atoms with van der Waals surface area (Å²) in [6.07, 6.45) is 2.11. The van der Waals surface area contributed by atoms with Crippen LogP contribution in [0.25, 0.3) is 0 Å². The third-order valence-corrected chi connectivity index (χ3v) is 3.01. The van der Waals surface area contributed by atoms with E-state index >= 15 is 0 Å². The minimum Gasteiger partial charge on any atom is -0.399 e. The van der Waals surface area contributed by atoms with E-state index in [2.05, 4.69) is 16.9 Å². The van der Waals surface area contributed by atoms with Gasteiger partial charge in [-0.1, -0.05) is 12.1 Å². The summed E-state index contributed by atoms with van der Waals surface area (Å²) in [6.45, 7) is 2.01. The Balaban J connectivity index is 2.01. The molecule has 78 valence electrons. The molecule has 15 heavy (non-hydrogen) atoms. The van der Waals surface area contributed by atoms with Crippen molar-refractivity contribution in [2.45, 2.75) is 12.3 Å². The lowest BCUT2D eigenvalue weighted by Crippen LogP contribution is -2.25. The lowest BCUT2D eigenvalue weighted by atomic mass is 9.94. The normalized spacial score (nSPS) is 21.5. The minimum absolute atomic E-state index is 0.561. The number of nitrogens with zero attached hydrogens (tertiary/aromatic N) is 1. The number of hydrogen-bond donors (Lipinski definition) is 1.